The fourth-order valence-corrected chi connectivity index (χ4v) is 4.11. The fraction of sp³-hybridized carbons (Fsp3) is 0.348. The third-order valence-corrected chi connectivity index (χ3v) is 5.74. The summed E-state index contributed by atoms with van der Waals surface area (Å²) in [5.41, 5.74) is 2.63. The first-order valence-electron chi connectivity index (χ1n) is 9.13. The highest BCUT2D eigenvalue weighted by Gasteiger charge is 2.32. The number of halogens is 2. The minimum absolute atomic E-state index is 0.620. The van der Waals surface area contributed by atoms with Gasteiger partial charge in [0, 0.05) is 15.1 Å². The second-order valence-corrected chi connectivity index (χ2v) is 8.82. The number of rotatable bonds is 4. The van der Waals surface area contributed by atoms with Crippen LogP contribution in [0.1, 0.15) is 51.8 Å². The summed E-state index contributed by atoms with van der Waals surface area (Å²) in [5, 5.41) is 12.6. The quantitative estimate of drug-likeness (QED) is 0.637. The van der Waals surface area contributed by atoms with Crippen molar-refractivity contribution in [2.45, 2.75) is 53.2 Å². The smallest absolute Gasteiger partial charge is 0.337 e. The van der Waals surface area contributed by atoms with E-state index in [0.29, 0.717) is 10.6 Å². The van der Waals surface area contributed by atoms with E-state index in [-0.39, 0.29) is 0 Å². The Bertz CT molecular complexity index is 1000. The molecule has 2 aromatic carbocycles. The van der Waals surface area contributed by atoms with Gasteiger partial charge in [-0.1, -0.05) is 35.9 Å². The Morgan fingerprint density at radius 1 is 1.14 bits per heavy atom. The molecule has 0 spiro atoms. The second kappa shape index (κ2) is 8.81. The summed E-state index contributed by atoms with van der Waals surface area (Å²) in [4.78, 5) is 12.3. The van der Waals surface area contributed by atoms with Crippen molar-refractivity contribution in [3.63, 3.8) is 0 Å². The molecule has 0 bridgehead atoms. The molecule has 0 aliphatic carbocycles. The topological polar surface area (TPSA) is 46.5 Å². The van der Waals surface area contributed by atoms with Gasteiger partial charge in [0.2, 0.25) is 0 Å². The Morgan fingerprint density at radius 2 is 1.68 bits per heavy atom. The molecular formula is C23H26BrClO3. The summed E-state index contributed by atoms with van der Waals surface area (Å²) in [5.74, 6) is -1.02. The number of carbonyl (C=O) groups is 1. The van der Waals surface area contributed by atoms with E-state index in [2.05, 4.69) is 15.9 Å². The molecule has 3 nitrogen and oxygen atoms in total. The number of carboxylic acids is 1. The van der Waals surface area contributed by atoms with Gasteiger partial charge in [-0.25, -0.2) is 4.79 Å². The van der Waals surface area contributed by atoms with E-state index >= 15 is 0 Å². The van der Waals surface area contributed by atoms with Gasteiger partial charge >= 0.3 is 5.97 Å². The Balaban J connectivity index is 3.04. The van der Waals surface area contributed by atoms with Gasteiger partial charge in [0.25, 0.3) is 0 Å². The van der Waals surface area contributed by atoms with Crippen LogP contribution in [-0.4, -0.2) is 16.7 Å². The molecule has 1 unspecified atom stereocenters. The highest BCUT2D eigenvalue weighted by molar-refractivity contribution is 9.10. The molecule has 0 amide bonds. The molecule has 2 aromatic rings. The van der Waals surface area contributed by atoms with E-state index < -0.39 is 17.7 Å². The van der Waals surface area contributed by atoms with Crippen LogP contribution in [0, 0.1) is 6.92 Å². The zero-order valence-electron chi connectivity index (χ0n) is 17.1. The molecule has 0 aliphatic heterocycles. The normalized spacial score (nSPS) is 14.4. The number of hydrogen-bond donors (Lipinski definition) is 1. The third-order valence-electron chi connectivity index (χ3n) is 4.47. The van der Waals surface area contributed by atoms with Gasteiger partial charge in [-0.2, -0.15) is 0 Å². The van der Waals surface area contributed by atoms with Crippen molar-refractivity contribution in [1.82, 2.24) is 0 Å². The van der Waals surface area contributed by atoms with Gasteiger partial charge in [0.05, 0.1) is 5.60 Å². The molecule has 2 rings (SSSR count). The number of hydrogen-bond acceptors (Lipinski definition) is 2. The molecule has 0 radical (unpaired) electrons. The molecule has 0 saturated carbocycles. The lowest BCUT2D eigenvalue weighted by Gasteiger charge is -2.28. The van der Waals surface area contributed by atoms with Crippen molar-refractivity contribution < 1.29 is 14.6 Å². The molecular weight excluding hydrogens is 440 g/mol. The Kier molecular flexibility index (Phi) is 7.13. The van der Waals surface area contributed by atoms with Crippen molar-refractivity contribution in [3.05, 3.63) is 55.3 Å². The average molecular weight is 466 g/mol. The summed E-state index contributed by atoms with van der Waals surface area (Å²) in [6.07, 6.45) is 2.92. The number of benzene rings is 2. The number of ether oxygens (including phenoxy) is 1. The maximum absolute atomic E-state index is 12.3. The van der Waals surface area contributed by atoms with Crippen LogP contribution in [0.2, 0.25) is 5.02 Å². The van der Waals surface area contributed by atoms with E-state index in [4.69, 9.17) is 16.3 Å². The van der Waals surface area contributed by atoms with Gasteiger partial charge in [0.15, 0.2) is 6.10 Å². The van der Waals surface area contributed by atoms with Gasteiger partial charge < -0.3 is 9.84 Å². The van der Waals surface area contributed by atoms with Crippen LogP contribution in [-0.2, 0) is 9.53 Å². The first-order chi connectivity index (χ1) is 13.0. The van der Waals surface area contributed by atoms with E-state index in [9.17, 15) is 9.90 Å². The first kappa shape index (κ1) is 22.7. The number of carboxylic acid groups (broad SMARTS) is 1. The summed E-state index contributed by atoms with van der Waals surface area (Å²) < 4.78 is 6.88. The van der Waals surface area contributed by atoms with E-state index in [1.54, 1.807) is 0 Å². The summed E-state index contributed by atoms with van der Waals surface area (Å²) >= 11 is 9.76. The lowest BCUT2D eigenvalue weighted by molar-refractivity contribution is -0.160. The molecule has 150 valence electrons. The standard InChI is InChI=1S/C23H26BrClO3/c1-7-16-17(8-2)20(24)13(3)18(21(22(26)27)28-23(4,5)6)19(16)14-9-11-15(25)12-10-14/h7-12,21H,1-6H3,(H,26,27). The molecule has 0 heterocycles. The van der Waals surface area contributed by atoms with Crippen LogP contribution in [0.4, 0.5) is 0 Å². The Morgan fingerprint density at radius 3 is 2.11 bits per heavy atom. The van der Waals surface area contributed by atoms with Gasteiger partial charge in [-0.15, -0.1) is 0 Å². The highest BCUT2D eigenvalue weighted by atomic mass is 79.9. The highest BCUT2D eigenvalue weighted by Crippen LogP contribution is 2.35. The molecule has 0 saturated heterocycles. The largest absolute Gasteiger partial charge is 0.479 e. The maximum atomic E-state index is 12.3. The minimum atomic E-state index is -1.11. The van der Waals surface area contributed by atoms with Crippen molar-refractivity contribution >= 4 is 45.7 Å². The average Bonchev–Trinajstić information content (AvgIpc) is 2.61. The Labute approximate surface area is 179 Å². The van der Waals surface area contributed by atoms with Gasteiger partial charge in [0.1, 0.15) is 0 Å². The monoisotopic (exact) mass is 464 g/mol. The predicted molar refractivity (Wildman–Crippen MR) is 120 cm³/mol. The maximum Gasteiger partial charge on any atom is 0.337 e. The number of aliphatic carboxylic acids is 1. The molecule has 0 aromatic heterocycles. The van der Waals surface area contributed by atoms with Crippen molar-refractivity contribution in [2.75, 3.05) is 0 Å². The summed E-state index contributed by atoms with van der Waals surface area (Å²) in [6, 6.07) is 7.45. The van der Waals surface area contributed by atoms with Gasteiger partial charge in [-0.3, -0.25) is 0 Å². The predicted octanol–water partition coefficient (Wildman–Crippen LogP) is 5.62. The molecule has 0 fully saturated rings. The molecule has 0 aliphatic rings. The minimum Gasteiger partial charge on any atom is -0.479 e. The molecule has 28 heavy (non-hydrogen) atoms. The molecule has 1 N–H and O–H groups in total. The Hall–Kier alpha value is -1.62. The lowest BCUT2D eigenvalue weighted by Crippen LogP contribution is -2.34. The van der Waals surface area contributed by atoms with E-state index in [0.717, 1.165) is 31.6 Å². The van der Waals surface area contributed by atoms with Crippen LogP contribution in [0.3, 0.4) is 0 Å². The lowest BCUT2D eigenvalue weighted by atomic mass is 9.88. The zero-order valence-corrected chi connectivity index (χ0v) is 19.4. The third kappa shape index (κ3) is 4.68. The van der Waals surface area contributed by atoms with Crippen LogP contribution in [0.15, 0.2) is 28.7 Å². The van der Waals surface area contributed by atoms with Crippen molar-refractivity contribution in [3.8, 4) is 11.1 Å². The second-order valence-electron chi connectivity index (χ2n) is 7.59. The SMILES string of the molecule is CC=c1c(Br)c(C)c(C(OC(C)(C)C)C(=O)O)c(-c2ccc(Cl)cc2)c1=CC. The summed E-state index contributed by atoms with van der Waals surface area (Å²) in [7, 11) is 0. The summed E-state index contributed by atoms with van der Waals surface area (Å²) in [6.45, 7) is 11.4. The van der Waals surface area contributed by atoms with Crippen LogP contribution in [0.5, 0.6) is 0 Å². The van der Waals surface area contributed by atoms with Gasteiger partial charge in [-0.05, 0) is 96.7 Å². The van der Waals surface area contributed by atoms with E-state index in [1.165, 1.54) is 0 Å². The zero-order chi connectivity index (χ0) is 21.2. The van der Waals surface area contributed by atoms with Crippen LogP contribution >= 0.6 is 27.5 Å². The van der Waals surface area contributed by atoms with Crippen LogP contribution in [0.25, 0.3) is 23.3 Å². The van der Waals surface area contributed by atoms with E-state index in [1.807, 2.05) is 78.0 Å². The molecule has 5 heteroatoms. The molecule has 1 atom stereocenters. The van der Waals surface area contributed by atoms with Crippen molar-refractivity contribution in [1.29, 1.82) is 0 Å². The van der Waals surface area contributed by atoms with Crippen LogP contribution < -0.4 is 10.4 Å². The first-order valence-corrected chi connectivity index (χ1v) is 10.3. The van der Waals surface area contributed by atoms with Crippen molar-refractivity contribution in [2.24, 2.45) is 0 Å². The fourth-order valence-electron chi connectivity index (χ4n) is 3.33.